The molecule has 0 aliphatic carbocycles. The summed E-state index contributed by atoms with van der Waals surface area (Å²) in [7, 11) is -8.68. The van der Waals surface area contributed by atoms with Gasteiger partial charge in [0.2, 0.25) is 5.91 Å². The molecule has 3 atom stereocenters. The summed E-state index contributed by atoms with van der Waals surface area (Å²) in [5.74, 6) is 1.24. The van der Waals surface area contributed by atoms with Gasteiger partial charge in [-0.1, -0.05) is 24.8 Å². The lowest BCUT2D eigenvalue weighted by atomic mass is 10.0. The highest BCUT2D eigenvalue weighted by Gasteiger charge is 2.42. The van der Waals surface area contributed by atoms with Gasteiger partial charge in [0.25, 0.3) is 20.0 Å². The molecule has 2 aliphatic rings. The Labute approximate surface area is 249 Å². The Bertz CT molecular complexity index is 1470. The smallest absolute Gasteiger partial charge is 0.315 e. The van der Waals surface area contributed by atoms with E-state index < -0.39 is 20.0 Å². The van der Waals surface area contributed by atoms with Crippen molar-refractivity contribution in [2.45, 2.75) is 56.2 Å². The van der Waals surface area contributed by atoms with Crippen LogP contribution in [0.3, 0.4) is 0 Å². The number of anilines is 1. The topological polar surface area (TPSA) is 182 Å². The Morgan fingerprint density at radius 3 is 2.55 bits per heavy atom. The number of carbonyl (C=O) groups excluding carboxylic acids is 2. The predicted octanol–water partition coefficient (Wildman–Crippen LogP) is 1.45. The van der Waals surface area contributed by atoms with Crippen molar-refractivity contribution in [3.8, 4) is 5.75 Å². The molecular formula is C25H33N7O7S3. The molecule has 2 aromatic rings. The fourth-order valence-corrected chi connectivity index (χ4v) is 8.75. The standard InChI is InChI=1S/C25H33N7O7S3/c1-3-41(35,36)32(42(37,38)4-2)19-9-11-20(12-10-19)39-16-18-15-31(30-29-18)14-13-26-23(33)8-6-5-7-22-24-21(17-40-22)27-25(34)28-24/h3-4,9-12,15,21-22,24H,1-2,5-8,13-14,16-17H2,(H,26,33)(H2,27,28,34)/t21-,22-,24+/m1/s1. The molecule has 1 aromatic heterocycles. The second-order valence-electron chi connectivity index (χ2n) is 9.59. The van der Waals surface area contributed by atoms with Crippen LogP contribution in [0.4, 0.5) is 10.5 Å². The zero-order valence-electron chi connectivity index (χ0n) is 22.7. The lowest BCUT2D eigenvalue weighted by molar-refractivity contribution is -0.121. The van der Waals surface area contributed by atoms with E-state index in [9.17, 15) is 26.4 Å². The van der Waals surface area contributed by atoms with Crippen LogP contribution in [0.2, 0.25) is 0 Å². The van der Waals surface area contributed by atoms with Crippen LogP contribution in [-0.2, 0) is 38.0 Å². The third-order valence-electron chi connectivity index (χ3n) is 6.65. The van der Waals surface area contributed by atoms with E-state index in [1.165, 1.54) is 24.3 Å². The first kappa shape index (κ1) is 31.4. The van der Waals surface area contributed by atoms with Crippen LogP contribution in [0.15, 0.2) is 54.4 Å². The van der Waals surface area contributed by atoms with Gasteiger partial charge in [-0.3, -0.25) is 9.48 Å². The Balaban J connectivity index is 1.15. The number of nitrogens with zero attached hydrogens (tertiary/aromatic N) is 4. The zero-order chi connectivity index (χ0) is 30.3. The second kappa shape index (κ2) is 13.6. The van der Waals surface area contributed by atoms with Crippen LogP contribution >= 0.6 is 11.8 Å². The molecule has 17 heteroatoms. The van der Waals surface area contributed by atoms with Crippen molar-refractivity contribution < 1.29 is 31.2 Å². The highest BCUT2D eigenvalue weighted by molar-refractivity contribution is 8.12. The van der Waals surface area contributed by atoms with Gasteiger partial charge in [-0.2, -0.15) is 15.5 Å². The molecule has 3 N–H and O–H groups in total. The summed E-state index contributed by atoms with van der Waals surface area (Å²) in [5.41, 5.74) is 0.397. The number of hydrogen-bond acceptors (Lipinski definition) is 10. The van der Waals surface area contributed by atoms with Crippen LogP contribution < -0.4 is 24.4 Å². The van der Waals surface area contributed by atoms with Gasteiger partial charge in [0.1, 0.15) is 18.1 Å². The van der Waals surface area contributed by atoms with E-state index in [1.54, 1.807) is 10.9 Å². The molecule has 2 fully saturated rings. The van der Waals surface area contributed by atoms with Crippen LogP contribution in [0.25, 0.3) is 0 Å². The summed E-state index contributed by atoms with van der Waals surface area (Å²) in [6.07, 6.45) is 4.77. The molecule has 1 aromatic carbocycles. The SMILES string of the molecule is C=CS(=O)(=O)N(c1ccc(OCc2cn(CCNC(=O)CCCC[C@H]3SC[C@H]4NC(=O)N[C@@H]43)nn2)cc1)S(=O)(=O)C=C. The van der Waals surface area contributed by atoms with Gasteiger partial charge in [-0.15, -0.1) is 5.10 Å². The number of thioether (sulfide) groups is 1. The van der Waals surface area contributed by atoms with Crippen molar-refractivity contribution in [3.05, 3.63) is 60.1 Å². The molecule has 42 heavy (non-hydrogen) atoms. The summed E-state index contributed by atoms with van der Waals surface area (Å²) in [4.78, 5) is 23.7. The summed E-state index contributed by atoms with van der Waals surface area (Å²) in [6, 6.07) is 5.71. The largest absolute Gasteiger partial charge is 0.487 e. The number of amides is 3. The quantitative estimate of drug-likeness (QED) is 0.180. The van der Waals surface area contributed by atoms with Gasteiger partial charge in [0.15, 0.2) is 0 Å². The van der Waals surface area contributed by atoms with Crippen LogP contribution in [0.1, 0.15) is 31.4 Å². The summed E-state index contributed by atoms with van der Waals surface area (Å²) in [5, 5.41) is 18.3. The number of fused-ring (bicyclic) bond motifs is 1. The molecule has 2 aliphatic heterocycles. The number of rotatable bonds is 16. The fourth-order valence-electron chi connectivity index (χ4n) is 4.58. The third kappa shape index (κ3) is 7.83. The summed E-state index contributed by atoms with van der Waals surface area (Å²) in [6.45, 7) is 7.22. The van der Waals surface area contributed by atoms with Crippen molar-refractivity contribution in [2.75, 3.05) is 16.0 Å². The number of unbranched alkanes of at least 4 members (excludes halogenated alkanes) is 1. The first-order valence-corrected chi connectivity index (χ1v) is 17.2. The minimum atomic E-state index is -4.34. The minimum Gasteiger partial charge on any atom is -0.487 e. The zero-order valence-corrected chi connectivity index (χ0v) is 25.2. The molecular weight excluding hydrogens is 607 g/mol. The molecule has 0 saturated carbocycles. The monoisotopic (exact) mass is 639 g/mol. The molecule has 4 rings (SSSR count). The highest BCUT2D eigenvalue weighted by Crippen LogP contribution is 2.33. The Morgan fingerprint density at radius 2 is 1.86 bits per heavy atom. The number of sulfonamides is 2. The van der Waals surface area contributed by atoms with E-state index in [2.05, 4.69) is 39.4 Å². The Morgan fingerprint density at radius 1 is 1.14 bits per heavy atom. The number of ether oxygens (including phenoxy) is 1. The number of benzene rings is 1. The average molecular weight is 640 g/mol. The number of aromatic nitrogens is 3. The van der Waals surface area contributed by atoms with E-state index in [0.717, 1.165) is 25.0 Å². The molecule has 3 heterocycles. The molecule has 2 saturated heterocycles. The van der Waals surface area contributed by atoms with Crippen molar-refractivity contribution in [3.63, 3.8) is 0 Å². The first-order chi connectivity index (χ1) is 20.0. The van der Waals surface area contributed by atoms with E-state index in [0.29, 0.717) is 47.0 Å². The predicted molar refractivity (Wildman–Crippen MR) is 158 cm³/mol. The van der Waals surface area contributed by atoms with Gasteiger partial charge < -0.3 is 20.7 Å². The lowest BCUT2D eigenvalue weighted by Gasteiger charge is -2.20. The molecule has 14 nitrogen and oxygen atoms in total. The van der Waals surface area contributed by atoms with Gasteiger partial charge in [0.05, 0.1) is 30.5 Å². The number of nitrogens with one attached hydrogen (secondary N) is 3. The summed E-state index contributed by atoms with van der Waals surface area (Å²) < 4.78 is 56.5. The first-order valence-electron chi connectivity index (χ1n) is 13.1. The molecule has 228 valence electrons. The third-order valence-corrected chi connectivity index (χ3v) is 11.6. The van der Waals surface area contributed by atoms with Gasteiger partial charge in [-0.05, 0) is 37.1 Å². The maximum Gasteiger partial charge on any atom is 0.315 e. The fraction of sp³-hybridized carbons (Fsp3) is 0.440. The van der Waals surface area contributed by atoms with Crippen molar-refractivity contribution in [2.24, 2.45) is 0 Å². The molecule has 0 spiro atoms. The van der Waals surface area contributed by atoms with E-state index >= 15 is 0 Å². The molecule has 0 unspecified atom stereocenters. The maximum atomic E-state index is 12.3. The van der Waals surface area contributed by atoms with Crippen molar-refractivity contribution in [1.29, 1.82) is 0 Å². The number of hydrogen-bond donors (Lipinski definition) is 3. The average Bonchev–Trinajstić information content (AvgIpc) is 3.67. The Hall–Kier alpha value is -3.57. The van der Waals surface area contributed by atoms with Gasteiger partial charge >= 0.3 is 6.03 Å². The van der Waals surface area contributed by atoms with E-state index in [4.69, 9.17) is 4.74 Å². The number of carbonyl (C=O) groups is 2. The van der Waals surface area contributed by atoms with Crippen LogP contribution in [0, 0.1) is 0 Å². The van der Waals surface area contributed by atoms with Gasteiger partial charge in [0, 0.05) is 34.8 Å². The van der Waals surface area contributed by atoms with Crippen LogP contribution in [-0.4, -0.2) is 73.4 Å². The maximum absolute atomic E-state index is 12.3. The summed E-state index contributed by atoms with van der Waals surface area (Å²) >= 11 is 1.87. The Kier molecular flexibility index (Phi) is 10.2. The molecule has 0 bridgehead atoms. The van der Waals surface area contributed by atoms with Crippen molar-refractivity contribution >= 4 is 49.4 Å². The minimum absolute atomic E-state index is 0.0322. The van der Waals surface area contributed by atoms with E-state index in [-0.39, 0.29) is 40.0 Å². The van der Waals surface area contributed by atoms with Crippen LogP contribution in [0.5, 0.6) is 5.75 Å². The van der Waals surface area contributed by atoms with Gasteiger partial charge in [-0.25, -0.2) is 21.6 Å². The normalized spacial score (nSPS) is 19.8. The van der Waals surface area contributed by atoms with Crippen molar-refractivity contribution in [1.82, 2.24) is 30.9 Å². The van der Waals surface area contributed by atoms with E-state index in [1.807, 2.05) is 11.8 Å². The molecule has 3 amide bonds. The second-order valence-corrected chi connectivity index (χ2v) is 14.6. The number of urea groups is 1. The molecule has 0 radical (unpaired) electrons. The highest BCUT2D eigenvalue weighted by atomic mass is 32.3. The lowest BCUT2D eigenvalue weighted by Crippen LogP contribution is -2.36.